The van der Waals surface area contributed by atoms with E-state index in [1.165, 1.54) is 12.1 Å². The molecule has 0 saturated carbocycles. The maximum atomic E-state index is 14.0. The van der Waals surface area contributed by atoms with Crippen LogP contribution in [0.4, 0.5) is 10.1 Å². The van der Waals surface area contributed by atoms with Crippen LogP contribution in [0.1, 0.15) is 11.1 Å². The monoisotopic (exact) mass is 427 g/mol. The molecule has 2 heterocycles. The van der Waals surface area contributed by atoms with Gasteiger partial charge in [-0.15, -0.1) is 0 Å². The molecule has 0 unspecified atom stereocenters. The van der Waals surface area contributed by atoms with E-state index in [2.05, 4.69) is 0 Å². The maximum Gasteiger partial charge on any atom is 0.203 e. The first-order valence-electron chi connectivity index (χ1n) is 10.3. The summed E-state index contributed by atoms with van der Waals surface area (Å²) >= 11 is 0. The highest BCUT2D eigenvalue weighted by Gasteiger charge is 2.18. The fourth-order valence-corrected chi connectivity index (χ4v) is 4.16. The van der Waals surface area contributed by atoms with E-state index in [-0.39, 0.29) is 11.7 Å². The van der Waals surface area contributed by atoms with Crippen molar-refractivity contribution >= 4 is 27.5 Å². The van der Waals surface area contributed by atoms with Crippen LogP contribution >= 0.6 is 0 Å². The summed E-state index contributed by atoms with van der Waals surface area (Å²) in [7, 11) is 1.62. The van der Waals surface area contributed by atoms with Crippen molar-refractivity contribution in [1.82, 2.24) is 9.55 Å². The largest absolute Gasteiger partial charge is 0.497 e. The summed E-state index contributed by atoms with van der Waals surface area (Å²) in [5.41, 5.74) is 11.7. The molecule has 5 rings (SSSR count). The number of anilines is 1. The highest BCUT2D eigenvalue weighted by molar-refractivity contribution is 6.12. The van der Waals surface area contributed by atoms with Crippen LogP contribution in [0.25, 0.3) is 32.9 Å². The molecule has 0 amide bonds. The van der Waals surface area contributed by atoms with Crippen molar-refractivity contribution in [3.8, 4) is 22.8 Å². The quantitative estimate of drug-likeness (QED) is 0.389. The molecule has 6 heteroatoms. The van der Waals surface area contributed by atoms with Crippen LogP contribution in [0.3, 0.4) is 0 Å². The molecule has 160 valence electrons. The van der Waals surface area contributed by atoms with Crippen LogP contribution in [-0.4, -0.2) is 21.8 Å². The highest BCUT2D eigenvalue weighted by atomic mass is 19.1. The number of pyridine rings is 1. The third-order valence-corrected chi connectivity index (χ3v) is 5.86. The number of hydrogen-bond acceptors (Lipinski definition) is 4. The van der Waals surface area contributed by atoms with Crippen LogP contribution in [0, 0.1) is 12.7 Å². The van der Waals surface area contributed by atoms with Gasteiger partial charge in [-0.05, 0) is 47.9 Å². The second kappa shape index (κ2) is 7.57. The van der Waals surface area contributed by atoms with E-state index in [4.69, 9.17) is 15.5 Å². The smallest absolute Gasteiger partial charge is 0.203 e. The van der Waals surface area contributed by atoms with Gasteiger partial charge in [-0.2, -0.15) is 0 Å². The first-order valence-corrected chi connectivity index (χ1v) is 10.3. The van der Waals surface area contributed by atoms with Crippen LogP contribution in [0.2, 0.25) is 0 Å². The zero-order chi connectivity index (χ0) is 22.4. The van der Waals surface area contributed by atoms with E-state index < -0.39 is 0 Å². The molecule has 5 aromatic rings. The number of fused-ring (bicyclic) bond motifs is 2. The molecule has 0 aliphatic carbocycles. The topological polar surface area (TPSA) is 73.3 Å². The Morgan fingerprint density at radius 2 is 1.84 bits per heavy atom. The average Bonchev–Trinajstić information content (AvgIpc) is 3.11. The summed E-state index contributed by atoms with van der Waals surface area (Å²) < 4.78 is 20.9. The molecule has 0 aliphatic rings. The van der Waals surface area contributed by atoms with Gasteiger partial charge in [0.1, 0.15) is 11.6 Å². The van der Waals surface area contributed by atoms with Crippen LogP contribution in [0.15, 0.2) is 66.9 Å². The molecule has 32 heavy (non-hydrogen) atoms. The van der Waals surface area contributed by atoms with Crippen molar-refractivity contribution in [1.29, 1.82) is 0 Å². The minimum Gasteiger partial charge on any atom is -0.497 e. The summed E-state index contributed by atoms with van der Waals surface area (Å²) in [6.07, 6.45) is 1.79. The number of aromatic nitrogens is 2. The number of aryl methyl sites for hydroxylation is 1. The van der Waals surface area contributed by atoms with Gasteiger partial charge in [0.05, 0.1) is 35.8 Å². The van der Waals surface area contributed by atoms with Crippen LogP contribution < -0.4 is 10.5 Å². The minimum atomic E-state index is -0.306. The second-order valence-corrected chi connectivity index (χ2v) is 7.88. The molecule has 3 aromatic carbocycles. The van der Waals surface area contributed by atoms with Gasteiger partial charge in [0.25, 0.3) is 0 Å². The average molecular weight is 427 g/mol. The molecule has 0 bridgehead atoms. The van der Waals surface area contributed by atoms with Gasteiger partial charge >= 0.3 is 0 Å². The normalized spacial score (nSPS) is 11.3. The van der Waals surface area contributed by atoms with Crippen molar-refractivity contribution in [2.24, 2.45) is 0 Å². The molecular formula is C26H22FN3O2. The number of benzene rings is 3. The van der Waals surface area contributed by atoms with Gasteiger partial charge in [0, 0.05) is 17.1 Å². The summed E-state index contributed by atoms with van der Waals surface area (Å²) in [6.45, 7) is 2.39. The van der Waals surface area contributed by atoms with Gasteiger partial charge in [-0.25, -0.2) is 9.37 Å². The molecule has 0 atom stereocenters. The number of nitrogens with zero attached hydrogens (tertiary/aromatic N) is 2. The molecule has 3 N–H and O–H groups in total. The van der Waals surface area contributed by atoms with Crippen LogP contribution in [0.5, 0.6) is 11.6 Å². The number of nitrogens with two attached hydrogens (primary N) is 1. The number of rotatable bonds is 4. The minimum absolute atomic E-state index is 0.0649. The van der Waals surface area contributed by atoms with Crippen molar-refractivity contribution in [2.75, 3.05) is 12.8 Å². The van der Waals surface area contributed by atoms with E-state index in [9.17, 15) is 9.50 Å². The van der Waals surface area contributed by atoms with Crippen molar-refractivity contribution in [3.05, 3.63) is 83.8 Å². The Hall–Kier alpha value is -4.06. The molecule has 0 fully saturated rings. The summed E-state index contributed by atoms with van der Waals surface area (Å²) in [5, 5.41) is 12.2. The molecule has 0 saturated heterocycles. The number of aromatic hydroxyl groups is 1. The molecule has 0 radical (unpaired) electrons. The predicted octanol–water partition coefficient (Wildman–Crippen LogP) is 5.65. The Kier molecular flexibility index (Phi) is 4.70. The van der Waals surface area contributed by atoms with E-state index in [1.54, 1.807) is 23.9 Å². The first-order chi connectivity index (χ1) is 15.5. The zero-order valence-electron chi connectivity index (χ0n) is 17.8. The van der Waals surface area contributed by atoms with Crippen molar-refractivity contribution < 1.29 is 14.2 Å². The fraction of sp³-hybridized carbons (Fsp3) is 0.115. The number of hydrogen-bond donors (Lipinski definition) is 2. The first kappa shape index (κ1) is 19.9. The van der Waals surface area contributed by atoms with Gasteiger partial charge in [0.2, 0.25) is 5.88 Å². The van der Waals surface area contributed by atoms with E-state index in [1.807, 2.05) is 49.4 Å². The van der Waals surface area contributed by atoms with Crippen molar-refractivity contribution in [2.45, 2.75) is 13.5 Å². The third kappa shape index (κ3) is 3.21. The molecular weight excluding hydrogens is 405 g/mol. The highest BCUT2D eigenvalue weighted by Crippen LogP contribution is 2.39. The predicted molar refractivity (Wildman–Crippen MR) is 126 cm³/mol. The summed E-state index contributed by atoms with van der Waals surface area (Å²) in [4.78, 5) is 4.83. The lowest BCUT2D eigenvalue weighted by Crippen LogP contribution is -1.97. The number of ether oxygens (including phenoxy) is 1. The Bertz CT molecular complexity index is 1470. The zero-order valence-corrected chi connectivity index (χ0v) is 17.8. The van der Waals surface area contributed by atoms with Gasteiger partial charge in [-0.3, -0.25) is 0 Å². The van der Waals surface area contributed by atoms with Crippen LogP contribution in [-0.2, 0) is 6.54 Å². The Morgan fingerprint density at radius 3 is 2.59 bits per heavy atom. The third-order valence-electron chi connectivity index (χ3n) is 5.86. The molecule has 0 aliphatic heterocycles. The number of halogens is 1. The Balaban J connectivity index is 1.68. The number of nitrogen functional groups attached to an aromatic ring is 1. The van der Waals surface area contributed by atoms with E-state index >= 15 is 0 Å². The van der Waals surface area contributed by atoms with Crippen molar-refractivity contribution in [3.63, 3.8) is 0 Å². The second-order valence-electron chi connectivity index (χ2n) is 7.88. The summed E-state index contributed by atoms with van der Waals surface area (Å²) in [5.74, 6) is 0.531. The lowest BCUT2D eigenvalue weighted by molar-refractivity contribution is 0.414. The van der Waals surface area contributed by atoms with Gasteiger partial charge in [-0.1, -0.05) is 36.4 Å². The molecule has 0 spiro atoms. The summed E-state index contributed by atoms with van der Waals surface area (Å²) in [6, 6.07) is 18.0. The van der Waals surface area contributed by atoms with E-state index in [0.29, 0.717) is 28.7 Å². The van der Waals surface area contributed by atoms with E-state index in [0.717, 1.165) is 33.4 Å². The molecule has 5 nitrogen and oxygen atoms in total. The number of methoxy groups -OCH3 is 1. The fourth-order valence-electron chi connectivity index (χ4n) is 4.16. The Morgan fingerprint density at radius 1 is 1.06 bits per heavy atom. The van der Waals surface area contributed by atoms with Gasteiger partial charge in [0.15, 0.2) is 0 Å². The SMILES string of the molecule is COc1ccc(Cn2cc3nc4c(-c5cc(F)ccc5C)cccc4c(N)c3c2O)cc1. The number of para-hydroxylation sites is 1. The maximum absolute atomic E-state index is 14.0. The van der Waals surface area contributed by atoms with Gasteiger partial charge < -0.3 is 20.1 Å². The molecule has 2 aromatic heterocycles. The Labute approximate surface area is 184 Å². The lowest BCUT2D eigenvalue weighted by atomic mass is 9.97. The standard InChI is InChI=1S/C26H22FN3O2/c1-15-6-9-17(27)12-21(15)19-4-3-5-20-24(28)23-22(29-25(19)20)14-30(26(23)31)13-16-7-10-18(32-2)11-8-16/h3-12,14,31H,13,28H2,1-2H3. The lowest BCUT2D eigenvalue weighted by Gasteiger charge is -2.11.